The van der Waals surface area contributed by atoms with E-state index in [0.29, 0.717) is 10.9 Å². The molecule has 4 N–H and O–H groups in total. The average molecular weight is 237 g/mol. The van der Waals surface area contributed by atoms with Crippen LogP contribution in [0.4, 0.5) is 0 Å². The number of ether oxygens (including phenoxy) is 1. The molecule has 0 aliphatic carbocycles. The molecule has 0 saturated carbocycles. The van der Waals surface area contributed by atoms with Gasteiger partial charge in [0.15, 0.2) is 11.5 Å². The van der Waals surface area contributed by atoms with E-state index in [-0.39, 0.29) is 30.4 Å². The summed E-state index contributed by atoms with van der Waals surface area (Å²) >= 11 is 0. The summed E-state index contributed by atoms with van der Waals surface area (Å²) in [4.78, 5) is 14.2. The van der Waals surface area contributed by atoms with Gasteiger partial charge in [-0.25, -0.2) is 4.79 Å². The summed E-state index contributed by atoms with van der Waals surface area (Å²) in [5.41, 5.74) is 0.703. The van der Waals surface area contributed by atoms with Crippen LogP contribution >= 0.6 is 0 Å². The van der Waals surface area contributed by atoms with Crippen LogP contribution in [0.5, 0.6) is 11.5 Å². The third kappa shape index (κ3) is 2.16. The predicted octanol–water partition coefficient (Wildman–Crippen LogP) is 0.728. The summed E-state index contributed by atoms with van der Waals surface area (Å²) in [6.45, 7) is -0.321. The lowest BCUT2D eigenvalue weighted by Crippen LogP contribution is -2.08. The maximum Gasteiger partial charge on any atom is 0.354 e. The van der Waals surface area contributed by atoms with Crippen LogP contribution in [0.2, 0.25) is 0 Å². The molecule has 1 aromatic heterocycles. The number of nitrogens with one attached hydrogen (secondary N) is 1. The zero-order chi connectivity index (χ0) is 12.4. The molecular formula is C11H11NO5. The number of carbonyl (C=O) groups is 1. The van der Waals surface area contributed by atoms with Crippen LogP contribution in [0.1, 0.15) is 10.5 Å². The Hall–Kier alpha value is -2.21. The summed E-state index contributed by atoms with van der Waals surface area (Å²) in [5.74, 6) is -1.13. The Morgan fingerprint density at radius 3 is 2.65 bits per heavy atom. The van der Waals surface area contributed by atoms with Crippen molar-refractivity contribution in [2.24, 2.45) is 0 Å². The molecule has 0 saturated heterocycles. The van der Waals surface area contributed by atoms with Crippen molar-refractivity contribution in [3.05, 3.63) is 23.9 Å². The van der Waals surface area contributed by atoms with Crippen LogP contribution in [0.15, 0.2) is 18.2 Å². The first-order valence-electron chi connectivity index (χ1n) is 4.94. The van der Waals surface area contributed by atoms with E-state index in [1.807, 2.05) is 0 Å². The van der Waals surface area contributed by atoms with Gasteiger partial charge in [-0.15, -0.1) is 0 Å². The standard InChI is InChI=1S/C11H11NO5/c13-1-2-17-11(16)8-3-6-4-9(14)10(15)5-7(6)12-8/h3-5,12-15H,1-2H2. The normalized spacial score (nSPS) is 10.6. The lowest BCUT2D eigenvalue weighted by atomic mass is 10.2. The van der Waals surface area contributed by atoms with Crippen molar-refractivity contribution in [3.8, 4) is 11.5 Å². The van der Waals surface area contributed by atoms with E-state index in [1.54, 1.807) is 0 Å². The molecular weight excluding hydrogens is 226 g/mol. The molecule has 0 unspecified atom stereocenters. The molecule has 0 aliphatic rings. The van der Waals surface area contributed by atoms with Crippen molar-refractivity contribution in [1.29, 1.82) is 0 Å². The fraction of sp³-hybridized carbons (Fsp3) is 0.182. The van der Waals surface area contributed by atoms with Gasteiger partial charge in [0.25, 0.3) is 0 Å². The van der Waals surface area contributed by atoms with Crippen molar-refractivity contribution in [3.63, 3.8) is 0 Å². The number of hydrogen-bond donors (Lipinski definition) is 4. The van der Waals surface area contributed by atoms with Gasteiger partial charge in [-0.3, -0.25) is 0 Å². The van der Waals surface area contributed by atoms with E-state index in [1.165, 1.54) is 18.2 Å². The Kier molecular flexibility index (Phi) is 2.88. The quantitative estimate of drug-likeness (QED) is 0.465. The molecule has 1 heterocycles. The van der Waals surface area contributed by atoms with Gasteiger partial charge in [0.05, 0.1) is 12.1 Å². The van der Waals surface area contributed by atoms with Gasteiger partial charge in [-0.1, -0.05) is 0 Å². The molecule has 2 rings (SSSR count). The highest BCUT2D eigenvalue weighted by atomic mass is 16.5. The molecule has 90 valence electrons. The number of phenols is 2. The maximum atomic E-state index is 11.5. The highest BCUT2D eigenvalue weighted by Crippen LogP contribution is 2.30. The molecule has 0 bridgehead atoms. The summed E-state index contributed by atoms with van der Waals surface area (Å²) in [6.07, 6.45) is 0. The fourth-order valence-corrected chi connectivity index (χ4v) is 1.48. The second-order valence-corrected chi connectivity index (χ2v) is 3.47. The summed E-state index contributed by atoms with van der Waals surface area (Å²) in [6, 6.07) is 4.14. The number of carbonyl (C=O) groups excluding carboxylic acids is 1. The molecule has 6 nitrogen and oxygen atoms in total. The smallest absolute Gasteiger partial charge is 0.354 e. The summed E-state index contributed by atoms with van der Waals surface area (Å²) in [7, 11) is 0. The van der Waals surface area contributed by atoms with Gasteiger partial charge >= 0.3 is 5.97 Å². The van der Waals surface area contributed by atoms with Crippen molar-refractivity contribution in [2.45, 2.75) is 0 Å². The molecule has 0 fully saturated rings. The number of rotatable bonds is 3. The van der Waals surface area contributed by atoms with Gasteiger partial charge in [-0.05, 0) is 12.1 Å². The van der Waals surface area contributed by atoms with E-state index in [4.69, 9.17) is 9.84 Å². The van der Waals surface area contributed by atoms with Gasteiger partial charge in [0, 0.05) is 11.5 Å². The monoisotopic (exact) mass is 237 g/mol. The lowest BCUT2D eigenvalue weighted by molar-refractivity contribution is 0.0428. The number of aliphatic hydroxyl groups excluding tert-OH is 1. The van der Waals surface area contributed by atoms with Crippen molar-refractivity contribution in [2.75, 3.05) is 13.2 Å². The average Bonchev–Trinajstić information content (AvgIpc) is 2.69. The van der Waals surface area contributed by atoms with Crippen LogP contribution in [0, 0.1) is 0 Å². The molecule has 0 amide bonds. The third-order valence-electron chi connectivity index (χ3n) is 2.26. The second kappa shape index (κ2) is 4.34. The first-order valence-corrected chi connectivity index (χ1v) is 4.94. The van der Waals surface area contributed by atoms with E-state index in [9.17, 15) is 15.0 Å². The Morgan fingerprint density at radius 1 is 1.24 bits per heavy atom. The SMILES string of the molecule is O=C(OCCO)c1cc2cc(O)c(O)cc2[nH]1. The van der Waals surface area contributed by atoms with E-state index < -0.39 is 5.97 Å². The Labute approximate surface area is 96.1 Å². The highest BCUT2D eigenvalue weighted by molar-refractivity contribution is 5.95. The topological polar surface area (TPSA) is 103 Å². The number of H-pyrrole nitrogens is 1. The number of aromatic amines is 1. The lowest BCUT2D eigenvalue weighted by Gasteiger charge is -1.98. The van der Waals surface area contributed by atoms with Crippen LogP contribution in [-0.4, -0.2) is 39.5 Å². The number of benzene rings is 1. The van der Waals surface area contributed by atoms with Crippen molar-refractivity contribution < 1.29 is 24.9 Å². The zero-order valence-electron chi connectivity index (χ0n) is 8.80. The number of aromatic nitrogens is 1. The molecule has 2 aromatic rings. The fourth-order valence-electron chi connectivity index (χ4n) is 1.48. The summed E-state index contributed by atoms with van der Waals surface area (Å²) < 4.78 is 4.72. The molecule has 6 heteroatoms. The number of aliphatic hydroxyl groups is 1. The molecule has 0 radical (unpaired) electrons. The Morgan fingerprint density at radius 2 is 1.94 bits per heavy atom. The molecule has 0 spiro atoms. The highest BCUT2D eigenvalue weighted by Gasteiger charge is 2.12. The number of esters is 1. The minimum Gasteiger partial charge on any atom is -0.504 e. The zero-order valence-corrected chi connectivity index (χ0v) is 8.80. The van der Waals surface area contributed by atoms with Gasteiger partial charge in [-0.2, -0.15) is 0 Å². The summed E-state index contributed by atoms with van der Waals surface area (Å²) in [5, 5.41) is 27.7. The molecule has 1 aromatic carbocycles. The van der Waals surface area contributed by atoms with Crippen molar-refractivity contribution in [1.82, 2.24) is 4.98 Å². The number of phenolic OH excluding ortho intramolecular Hbond substituents is 2. The maximum absolute atomic E-state index is 11.5. The first-order chi connectivity index (χ1) is 8.11. The second-order valence-electron chi connectivity index (χ2n) is 3.47. The number of aromatic hydroxyl groups is 2. The van der Waals surface area contributed by atoms with Crippen molar-refractivity contribution >= 4 is 16.9 Å². The van der Waals surface area contributed by atoms with Gasteiger partial charge in [0.1, 0.15) is 12.3 Å². The predicted molar refractivity (Wildman–Crippen MR) is 59.0 cm³/mol. The van der Waals surface area contributed by atoms with E-state index >= 15 is 0 Å². The van der Waals surface area contributed by atoms with Gasteiger partial charge in [0.2, 0.25) is 0 Å². The molecule has 17 heavy (non-hydrogen) atoms. The Balaban J connectivity index is 2.34. The van der Waals surface area contributed by atoms with Crippen LogP contribution in [0.3, 0.4) is 0 Å². The number of hydrogen-bond acceptors (Lipinski definition) is 5. The Bertz CT molecular complexity index is 521. The third-order valence-corrected chi connectivity index (χ3v) is 2.26. The molecule has 0 aliphatic heterocycles. The van der Waals surface area contributed by atoms with Crippen LogP contribution < -0.4 is 0 Å². The number of fused-ring (bicyclic) bond motifs is 1. The largest absolute Gasteiger partial charge is 0.504 e. The van der Waals surface area contributed by atoms with Gasteiger partial charge < -0.3 is 25.0 Å². The first kappa shape index (κ1) is 11.3. The minimum atomic E-state index is -0.603. The van der Waals surface area contributed by atoms with E-state index in [0.717, 1.165) is 0 Å². The van der Waals surface area contributed by atoms with Crippen LogP contribution in [-0.2, 0) is 4.74 Å². The molecule has 0 atom stereocenters. The minimum absolute atomic E-state index is 0.0787. The van der Waals surface area contributed by atoms with Crippen LogP contribution in [0.25, 0.3) is 10.9 Å². The van der Waals surface area contributed by atoms with E-state index in [2.05, 4.69) is 4.98 Å².